The van der Waals surface area contributed by atoms with Crippen molar-refractivity contribution in [1.29, 1.82) is 0 Å². The number of ether oxygens (including phenoxy) is 1. The number of piperidine rings is 1. The van der Waals surface area contributed by atoms with Gasteiger partial charge in [-0.1, -0.05) is 6.07 Å². The average Bonchev–Trinajstić information content (AvgIpc) is 2.80. The Morgan fingerprint density at radius 3 is 2.50 bits per heavy atom. The van der Waals surface area contributed by atoms with Crippen LogP contribution in [0.15, 0.2) is 24.5 Å². The molecule has 4 rings (SSSR count). The summed E-state index contributed by atoms with van der Waals surface area (Å²) in [7, 11) is 0. The number of hydrogen-bond donors (Lipinski definition) is 1. The van der Waals surface area contributed by atoms with Crippen molar-refractivity contribution in [3.8, 4) is 5.75 Å². The van der Waals surface area contributed by atoms with E-state index >= 15 is 0 Å². The van der Waals surface area contributed by atoms with Crippen LogP contribution in [0.5, 0.6) is 5.75 Å². The van der Waals surface area contributed by atoms with E-state index in [4.69, 9.17) is 4.74 Å². The highest BCUT2D eigenvalue weighted by atomic mass is 19.4. The number of carbonyl (C=O) groups excluding carboxylic acids is 1. The Kier molecular flexibility index (Phi) is 6.82. The zero-order chi connectivity index (χ0) is 24.6. The molecule has 2 aliphatic heterocycles. The minimum absolute atomic E-state index is 0.0639. The first-order valence-electron chi connectivity index (χ1n) is 11.5. The number of halogens is 3. The van der Waals surface area contributed by atoms with Gasteiger partial charge in [-0.05, 0) is 62.8 Å². The second-order valence-electron chi connectivity index (χ2n) is 9.00. The Morgan fingerprint density at radius 2 is 1.85 bits per heavy atom. The highest BCUT2D eigenvalue weighted by molar-refractivity contribution is 5.93. The molecule has 2 saturated heterocycles. The zero-order valence-corrected chi connectivity index (χ0v) is 19.5. The van der Waals surface area contributed by atoms with E-state index < -0.39 is 18.3 Å². The predicted molar refractivity (Wildman–Crippen MR) is 118 cm³/mol. The molecule has 1 amide bonds. The predicted octanol–water partition coefficient (Wildman–Crippen LogP) is 3.88. The Labute approximate surface area is 196 Å². The molecular formula is C24H29F3N4O3. The number of carbonyl (C=O) groups is 1. The van der Waals surface area contributed by atoms with Crippen molar-refractivity contribution in [2.24, 2.45) is 0 Å². The van der Waals surface area contributed by atoms with Gasteiger partial charge in [-0.15, -0.1) is 0 Å². The molecule has 2 fully saturated rings. The number of benzene rings is 1. The first-order valence-corrected chi connectivity index (χ1v) is 11.5. The van der Waals surface area contributed by atoms with Crippen LogP contribution in [-0.2, 0) is 6.18 Å². The van der Waals surface area contributed by atoms with Gasteiger partial charge in [0.05, 0.1) is 5.56 Å². The Morgan fingerprint density at radius 1 is 1.15 bits per heavy atom. The molecule has 1 aromatic heterocycles. The first kappa shape index (κ1) is 24.4. The van der Waals surface area contributed by atoms with Crippen LogP contribution in [0.3, 0.4) is 0 Å². The molecule has 3 atom stereocenters. The number of hydrogen-bond acceptors (Lipinski definition) is 6. The number of fused-ring (bicyclic) bond motifs is 1. The summed E-state index contributed by atoms with van der Waals surface area (Å²) in [5, 5.41) is 9.57. The van der Waals surface area contributed by atoms with Gasteiger partial charge in [-0.25, -0.2) is 9.97 Å². The molecule has 0 bridgehead atoms. The standard InChI is InChI=1S/C24H29F3N4O3/c1-14-15(2)21(34-16(3)32)8-7-19(14)20-6-4-5-18-13-30(9-10-31(18)20)22(33)17-11-28-23(29-12-17)24(25,26)27/h7-8,11-12,16,18,20,32H,4-6,9-10,13H2,1-3H3/t16?,18-,20+/m0/s1. The third-order valence-corrected chi connectivity index (χ3v) is 6.82. The summed E-state index contributed by atoms with van der Waals surface area (Å²) in [6.07, 6.45) is -0.639. The topological polar surface area (TPSA) is 78.8 Å². The number of aromatic nitrogens is 2. The third kappa shape index (κ3) is 4.88. The van der Waals surface area contributed by atoms with E-state index in [1.807, 2.05) is 13.0 Å². The van der Waals surface area contributed by atoms with Crippen LogP contribution in [-0.4, -0.2) is 62.7 Å². The van der Waals surface area contributed by atoms with E-state index in [-0.39, 0.29) is 23.6 Å². The van der Waals surface area contributed by atoms with Gasteiger partial charge < -0.3 is 14.7 Å². The minimum atomic E-state index is -4.64. The average molecular weight is 479 g/mol. The highest BCUT2D eigenvalue weighted by Crippen LogP contribution is 2.39. The van der Waals surface area contributed by atoms with Crippen molar-refractivity contribution in [2.45, 2.75) is 64.6 Å². The van der Waals surface area contributed by atoms with Gasteiger partial charge in [0.15, 0.2) is 6.29 Å². The molecule has 7 nitrogen and oxygen atoms in total. The zero-order valence-electron chi connectivity index (χ0n) is 19.5. The molecule has 10 heteroatoms. The lowest BCUT2D eigenvalue weighted by Gasteiger charge is -2.48. The van der Waals surface area contributed by atoms with Gasteiger partial charge in [0.2, 0.25) is 5.82 Å². The van der Waals surface area contributed by atoms with E-state index in [0.29, 0.717) is 25.4 Å². The van der Waals surface area contributed by atoms with E-state index in [0.717, 1.165) is 42.8 Å². The Bertz CT molecular complexity index is 1040. The van der Waals surface area contributed by atoms with Gasteiger partial charge >= 0.3 is 6.18 Å². The highest BCUT2D eigenvalue weighted by Gasteiger charge is 2.38. The SMILES string of the molecule is Cc1c(OC(C)O)ccc([C@H]2CCC[C@H]3CN(C(=O)c4cnc(C(F)(F)F)nc4)CCN32)c1C. The van der Waals surface area contributed by atoms with Crippen LogP contribution in [0.4, 0.5) is 13.2 Å². The molecule has 34 heavy (non-hydrogen) atoms. The van der Waals surface area contributed by atoms with Crippen molar-refractivity contribution >= 4 is 5.91 Å². The molecule has 1 N–H and O–H groups in total. The maximum absolute atomic E-state index is 12.9. The molecule has 1 aromatic carbocycles. The molecule has 0 saturated carbocycles. The van der Waals surface area contributed by atoms with Crippen molar-refractivity contribution in [2.75, 3.05) is 19.6 Å². The van der Waals surface area contributed by atoms with Crippen LogP contribution in [0.25, 0.3) is 0 Å². The van der Waals surface area contributed by atoms with Crippen molar-refractivity contribution in [1.82, 2.24) is 19.8 Å². The number of nitrogens with zero attached hydrogens (tertiary/aromatic N) is 4. The quantitative estimate of drug-likeness (QED) is 0.672. The number of amides is 1. The van der Waals surface area contributed by atoms with Crippen molar-refractivity contribution < 1.29 is 27.8 Å². The van der Waals surface area contributed by atoms with Crippen LogP contribution in [0.2, 0.25) is 0 Å². The second-order valence-corrected chi connectivity index (χ2v) is 9.00. The normalized spacial score (nSPS) is 22.3. The Hall–Kier alpha value is -2.72. The smallest absolute Gasteiger partial charge is 0.451 e. The van der Waals surface area contributed by atoms with Gasteiger partial charge in [0, 0.05) is 44.1 Å². The third-order valence-electron chi connectivity index (χ3n) is 6.82. The summed E-state index contributed by atoms with van der Waals surface area (Å²) in [6.45, 7) is 7.29. The van der Waals surface area contributed by atoms with Crippen LogP contribution < -0.4 is 4.74 Å². The maximum Gasteiger partial charge on any atom is 0.451 e. The molecule has 1 unspecified atom stereocenters. The van der Waals surface area contributed by atoms with E-state index in [9.17, 15) is 23.1 Å². The van der Waals surface area contributed by atoms with E-state index in [1.54, 1.807) is 11.8 Å². The number of rotatable bonds is 4. The van der Waals surface area contributed by atoms with Gasteiger partial charge in [-0.3, -0.25) is 9.69 Å². The lowest BCUT2D eigenvalue weighted by atomic mass is 9.86. The van der Waals surface area contributed by atoms with Gasteiger partial charge in [0.1, 0.15) is 5.75 Å². The first-order chi connectivity index (χ1) is 16.1. The molecular weight excluding hydrogens is 449 g/mol. The second kappa shape index (κ2) is 9.50. The van der Waals surface area contributed by atoms with Crippen LogP contribution in [0.1, 0.15) is 65.1 Å². The summed E-state index contributed by atoms with van der Waals surface area (Å²) in [6, 6.07) is 4.34. The minimum Gasteiger partial charge on any atom is -0.465 e. The van der Waals surface area contributed by atoms with Crippen LogP contribution in [0, 0.1) is 13.8 Å². The van der Waals surface area contributed by atoms with Crippen LogP contribution >= 0.6 is 0 Å². The monoisotopic (exact) mass is 478 g/mol. The molecule has 2 aromatic rings. The number of aliphatic hydroxyl groups excluding tert-OH is 1. The fourth-order valence-corrected chi connectivity index (χ4v) is 5.02. The summed E-state index contributed by atoms with van der Waals surface area (Å²) >= 11 is 0. The summed E-state index contributed by atoms with van der Waals surface area (Å²) in [5.41, 5.74) is 3.41. The summed E-state index contributed by atoms with van der Waals surface area (Å²) in [4.78, 5) is 23.7. The van der Waals surface area contributed by atoms with Gasteiger partial charge in [0.25, 0.3) is 5.91 Å². The molecule has 184 valence electrons. The molecule has 0 radical (unpaired) electrons. The molecule has 0 aliphatic carbocycles. The lowest BCUT2D eigenvalue weighted by Crippen LogP contribution is -2.57. The number of aliphatic hydroxyl groups is 1. The fraction of sp³-hybridized carbons (Fsp3) is 0.542. The molecule has 3 heterocycles. The van der Waals surface area contributed by atoms with E-state index in [2.05, 4.69) is 27.9 Å². The molecule has 2 aliphatic rings. The lowest BCUT2D eigenvalue weighted by molar-refractivity contribution is -0.145. The maximum atomic E-state index is 12.9. The number of alkyl halides is 3. The number of piperazine rings is 1. The largest absolute Gasteiger partial charge is 0.465 e. The summed E-state index contributed by atoms with van der Waals surface area (Å²) < 4.78 is 43.7. The van der Waals surface area contributed by atoms with Crippen molar-refractivity contribution in [3.63, 3.8) is 0 Å². The summed E-state index contributed by atoms with van der Waals surface area (Å²) in [5.74, 6) is -0.931. The van der Waals surface area contributed by atoms with Gasteiger partial charge in [-0.2, -0.15) is 13.2 Å². The fourth-order valence-electron chi connectivity index (χ4n) is 5.02. The van der Waals surface area contributed by atoms with Crippen molar-refractivity contribution in [3.05, 3.63) is 52.6 Å². The molecule has 0 spiro atoms. The Balaban J connectivity index is 1.48. The van der Waals surface area contributed by atoms with E-state index in [1.165, 1.54) is 5.56 Å².